The van der Waals surface area contributed by atoms with Crippen molar-refractivity contribution in [1.29, 1.82) is 0 Å². The zero-order chi connectivity index (χ0) is 29.3. The second kappa shape index (κ2) is 16.4. The fraction of sp³-hybridized carbons (Fsp3) is 0.125. The maximum atomic E-state index is 10.6. The number of rotatable bonds is 10. The molecule has 0 fully saturated rings. The lowest BCUT2D eigenvalue weighted by atomic mass is 10.1. The molecule has 0 bridgehead atoms. The summed E-state index contributed by atoms with van der Waals surface area (Å²) in [6, 6.07) is 26.0. The minimum atomic E-state index is 0.382. The Morgan fingerprint density at radius 3 is 2.12 bits per heavy atom. The Kier molecular flexibility index (Phi) is 11.9. The van der Waals surface area contributed by atoms with Gasteiger partial charge in [-0.1, -0.05) is 35.7 Å². The first-order valence-electron chi connectivity index (χ1n) is 12.8. The highest BCUT2D eigenvalue weighted by Gasteiger charge is 2.04. The summed E-state index contributed by atoms with van der Waals surface area (Å²) in [5, 5.41) is 8.13. The highest BCUT2D eigenvalue weighted by Crippen LogP contribution is 2.25. The normalized spacial score (nSPS) is 10.2. The van der Waals surface area contributed by atoms with Crippen LogP contribution in [0.2, 0.25) is 0 Å². The van der Waals surface area contributed by atoms with Gasteiger partial charge in [0.15, 0.2) is 0 Å². The van der Waals surface area contributed by atoms with Crippen LogP contribution in [-0.4, -0.2) is 30.3 Å². The topological polar surface area (TPSA) is 114 Å². The van der Waals surface area contributed by atoms with Crippen LogP contribution >= 0.6 is 0 Å². The number of nitrogens with one attached hydrogen (secondary N) is 3. The summed E-state index contributed by atoms with van der Waals surface area (Å²) in [6.45, 7) is 5.08. The van der Waals surface area contributed by atoms with Gasteiger partial charge in [0.1, 0.15) is 17.2 Å². The highest BCUT2D eigenvalue weighted by molar-refractivity contribution is 5.99. The molecule has 9 nitrogen and oxygen atoms in total. The molecule has 4 rings (SSSR count). The first-order chi connectivity index (χ1) is 20.0. The number of terminal acetylenes is 1. The summed E-state index contributed by atoms with van der Waals surface area (Å²) in [5.41, 5.74) is 3.92. The molecule has 0 saturated carbocycles. The molecular formula is C32H31N5O4. The SMILES string of the molecule is C#Cc1ccc(Oc2ccc(Oc3ccc(NC(=NCC)NC=O)cc3)nc2)cc1.Cc1ccc(CNC=O)cc1. The lowest BCUT2D eigenvalue weighted by Crippen LogP contribution is -2.29. The summed E-state index contributed by atoms with van der Waals surface area (Å²) in [7, 11) is 0. The predicted octanol–water partition coefficient (Wildman–Crippen LogP) is 5.42. The van der Waals surface area contributed by atoms with E-state index in [4.69, 9.17) is 15.9 Å². The molecule has 0 atom stereocenters. The Bertz CT molecular complexity index is 1440. The molecule has 0 aliphatic carbocycles. The van der Waals surface area contributed by atoms with Gasteiger partial charge in [0.05, 0.1) is 6.20 Å². The zero-order valence-corrected chi connectivity index (χ0v) is 22.8. The van der Waals surface area contributed by atoms with Crippen LogP contribution in [0.5, 0.6) is 23.1 Å². The molecule has 0 spiro atoms. The maximum Gasteiger partial charge on any atom is 0.219 e. The number of amides is 2. The van der Waals surface area contributed by atoms with Crippen molar-refractivity contribution in [2.24, 2.45) is 4.99 Å². The van der Waals surface area contributed by atoms with Crippen molar-refractivity contribution in [3.05, 3.63) is 108 Å². The van der Waals surface area contributed by atoms with Crippen molar-refractivity contribution in [2.75, 3.05) is 11.9 Å². The van der Waals surface area contributed by atoms with Gasteiger partial charge in [0.25, 0.3) is 0 Å². The van der Waals surface area contributed by atoms with Crippen molar-refractivity contribution < 1.29 is 19.1 Å². The molecule has 3 N–H and O–H groups in total. The van der Waals surface area contributed by atoms with E-state index in [1.54, 1.807) is 42.6 Å². The molecule has 4 aromatic rings. The van der Waals surface area contributed by atoms with Crippen molar-refractivity contribution in [3.8, 4) is 35.5 Å². The van der Waals surface area contributed by atoms with Crippen LogP contribution in [0.15, 0.2) is 96.1 Å². The maximum absolute atomic E-state index is 10.6. The van der Waals surface area contributed by atoms with E-state index in [0.29, 0.717) is 55.0 Å². The van der Waals surface area contributed by atoms with Gasteiger partial charge in [-0.15, -0.1) is 6.42 Å². The number of ether oxygens (including phenoxy) is 2. The molecule has 9 heteroatoms. The second-order valence-electron chi connectivity index (χ2n) is 8.42. The van der Waals surface area contributed by atoms with E-state index < -0.39 is 0 Å². The van der Waals surface area contributed by atoms with Crippen molar-refractivity contribution in [1.82, 2.24) is 15.6 Å². The molecule has 1 heterocycles. The highest BCUT2D eigenvalue weighted by atomic mass is 16.5. The van der Waals surface area contributed by atoms with Crippen LogP contribution in [-0.2, 0) is 16.1 Å². The van der Waals surface area contributed by atoms with Gasteiger partial charge < -0.3 is 20.1 Å². The van der Waals surface area contributed by atoms with Gasteiger partial charge in [0, 0.05) is 30.4 Å². The molecule has 3 aromatic carbocycles. The summed E-state index contributed by atoms with van der Waals surface area (Å²) in [6.07, 6.45) is 8.21. The van der Waals surface area contributed by atoms with Gasteiger partial charge in [-0.05, 0) is 74.0 Å². The van der Waals surface area contributed by atoms with Gasteiger partial charge >= 0.3 is 0 Å². The number of carbonyl (C=O) groups is 2. The van der Waals surface area contributed by atoms with Gasteiger partial charge in [-0.25, -0.2) is 4.98 Å². The molecule has 41 heavy (non-hydrogen) atoms. The Morgan fingerprint density at radius 1 is 0.878 bits per heavy atom. The first-order valence-corrected chi connectivity index (χ1v) is 12.8. The average Bonchev–Trinajstić information content (AvgIpc) is 3.00. The van der Waals surface area contributed by atoms with E-state index in [9.17, 15) is 9.59 Å². The molecule has 0 unspecified atom stereocenters. The van der Waals surface area contributed by atoms with Crippen LogP contribution in [0.3, 0.4) is 0 Å². The van der Waals surface area contributed by atoms with Crippen LogP contribution < -0.4 is 25.4 Å². The van der Waals surface area contributed by atoms with Crippen LogP contribution in [0, 0.1) is 19.3 Å². The largest absolute Gasteiger partial charge is 0.456 e. The fourth-order valence-electron chi connectivity index (χ4n) is 3.31. The lowest BCUT2D eigenvalue weighted by Gasteiger charge is -2.10. The Labute approximate surface area is 239 Å². The minimum Gasteiger partial charge on any atom is -0.456 e. The number of guanidine groups is 1. The van der Waals surface area contributed by atoms with Gasteiger partial charge in [-0.2, -0.15) is 0 Å². The smallest absolute Gasteiger partial charge is 0.219 e. The molecule has 208 valence electrons. The third-order valence-electron chi connectivity index (χ3n) is 5.33. The van der Waals surface area contributed by atoms with E-state index in [1.807, 2.05) is 62.4 Å². The average molecular weight is 550 g/mol. The first kappa shape index (κ1) is 29.9. The number of aromatic nitrogens is 1. The van der Waals surface area contributed by atoms with Crippen LogP contribution in [0.25, 0.3) is 0 Å². The van der Waals surface area contributed by atoms with Crippen LogP contribution in [0.1, 0.15) is 23.6 Å². The van der Waals surface area contributed by atoms with Crippen molar-refractivity contribution in [3.63, 3.8) is 0 Å². The third-order valence-corrected chi connectivity index (χ3v) is 5.33. The van der Waals surface area contributed by atoms with Crippen molar-refractivity contribution >= 4 is 24.5 Å². The molecule has 0 saturated heterocycles. The number of hydrogen-bond acceptors (Lipinski definition) is 6. The number of pyridine rings is 1. The summed E-state index contributed by atoms with van der Waals surface area (Å²) in [5.74, 6) is 5.24. The van der Waals surface area contributed by atoms with E-state index in [-0.39, 0.29) is 0 Å². The Balaban J connectivity index is 0.000000352. The standard InChI is InChI=1S/C23H20N4O3.C9H11NO/c1-3-17-5-9-19(10-6-17)29-21-13-14-22(25-15-21)30-20-11-7-18(8-12-20)27-23(24-4-2)26-16-28;1-8-2-4-9(5-3-8)6-10-7-11/h1,5-16H,4H2,2H3,(H2,24,26,27,28);2-5,7H,6H2,1H3,(H,10,11). The number of nitrogens with zero attached hydrogens (tertiary/aromatic N) is 2. The molecule has 1 aromatic heterocycles. The van der Waals surface area contributed by atoms with Gasteiger partial charge in [-0.3, -0.25) is 19.9 Å². The van der Waals surface area contributed by atoms with E-state index >= 15 is 0 Å². The second-order valence-corrected chi connectivity index (χ2v) is 8.42. The van der Waals surface area contributed by atoms with E-state index in [0.717, 1.165) is 16.8 Å². The Morgan fingerprint density at radius 2 is 1.54 bits per heavy atom. The molecule has 2 amide bonds. The molecular weight excluding hydrogens is 518 g/mol. The quantitative estimate of drug-likeness (QED) is 0.105. The summed E-state index contributed by atoms with van der Waals surface area (Å²) < 4.78 is 11.5. The van der Waals surface area contributed by atoms with Crippen LogP contribution in [0.4, 0.5) is 5.69 Å². The van der Waals surface area contributed by atoms with Crippen molar-refractivity contribution in [2.45, 2.75) is 20.4 Å². The number of aryl methyl sites for hydroxylation is 1. The van der Waals surface area contributed by atoms with Gasteiger partial charge in [0.2, 0.25) is 24.7 Å². The fourth-order valence-corrected chi connectivity index (χ4v) is 3.31. The molecule has 0 aliphatic rings. The predicted molar refractivity (Wildman–Crippen MR) is 160 cm³/mol. The zero-order valence-electron chi connectivity index (χ0n) is 22.8. The molecule has 0 aliphatic heterocycles. The number of aliphatic imine (C=N–C) groups is 1. The number of carbonyl (C=O) groups excluding carboxylic acids is 2. The van der Waals surface area contributed by atoms with E-state index in [1.165, 1.54) is 5.56 Å². The monoisotopic (exact) mass is 549 g/mol. The lowest BCUT2D eigenvalue weighted by molar-refractivity contribution is -0.110. The third kappa shape index (κ3) is 10.6. The summed E-state index contributed by atoms with van der Waals surface area (Å²) >= 11 is 0. The summed E-state index contributed by atoms with van der Waals surface area (Å²) in [4.78, 5) is 29.0. The number of benzene rings is 3. The van der Waals surface area contributed by atoms with E-state index in [2.05, 4.69) is 31.8 Å². The number of hydrogen-bond donors (Lipinski definition) is 3. The Hall–Kier alpha value is -5.62. The minimum absolute atomic E-state index is 0.382. The number of anilines is 1. The molecule has 0 radical (unpaired) electrons.